The molecule has 1 aromatic rings. The van der Waals surface area contributed by atoms with E-state index in [1.165, 1.54) is 0 Å². The van der Waals surface area contributed by atoms with Gasteiger partial charge in [-0.05, 0) is 27.0 Å². The van der Waals surface area contributed by atoms with Crippen molar-refractivity contribution in [2.75, 3.05) is 7.05 Å². The standard InChI is InChI=1S/C12H15NO3S/c1-12(2)7-8-5-4-6-9(10(8)16-12)15-11(14)17-13-3/h4-6,13H,7H2,1-3H3. The summed E-state index contributed by atoms with van der Waals surface area (Å²) in [6, 6.07) is 5.61. The molecule has 1 heterocycles. The summed E-state index contributed by atoms with van der Waals surface area (Å²) < 4.78 is 13.7. The predicted molar refractivity (Wildman–Crippen MR) is 67.5 cm³/mol. The number of carbonyl (C=O) groups is 1. The molecule has 0 atom stereocenters. The Kier molecular flexibility index (Phi) is 3.31. The van der Waals surface area contributed by atoms with Gasteiger partial charge < -0.3 is 9.47 Å². The summed E-state index contributed by atoms with van der Waals surface area (Å²) in [5.74, 6) is 1.17. The topological polar surface area (TPSA) is 47.6 Å². The van der Waals surface area contributed by atoms with Crippen LogP contribution in [0, 0.1) is 0 Å². The van der Waals surface area contributed by atoms with Gasteiger partial charge in [0.25, 0.3) is 0 Å². The molecule has 5 heteroatoms. The van der Waals surface area contributed by atoms with Gasteiger partial charge in [0, 0.05) is 23.9 Å². The number of fused-ring (bicyclic) bond motifs is 1. The van der Waals surface area contributed by atoms with Crippen LogP contribution in [-0.2, 0) is 6.42 Å². The molecular weight excluding hydrogens is 238 g/mol. The van der Waals surface area contributed by atoms with Crippen LogP contribution in [0.4, 0.5) is 4.79 Å². The molecular formula is C12H15NO3S. The molecule has 0 radical (unpaired) electrons. The Labute approximate surface area is 105 Å². The van der Waals surface area contributed by atoms with Gasteiger partial charge in [-0.15, -0.1) is 0 Å². The molecule has 1 aliphatic heterocycles. The molecule has 0 aromatic heterocycles. The SMILES string of the molecule is CNSC(=O)Oc1cccc2c1OC(C)(C)C2. The Morgan fingerprint density at radius 2 is 2.29 bits per heavy atom. The van der Waals surface area contributed by atoms with Crippen LogP contribution in [0.25, 0.3) is 0 Å². The molecule has 17 heavy (non-hydrogen) atoms. The molecule has 1 N–H and O–H groups in total. The molecule has 2 rings (SSSR count). The van der Waals surface area contributed by atoms with Crippen LogP contribution in [0.5, 0.6) is 11.5 Å². The first-order chi connectivity index (χ1) is 8.02. The Hall–Kier alpha value is -1.20. The van der Waals surface area contributed by atoms with Crippen molar-refractivity contribution in [1.29, 1.82) is 0 Å². The number of carbonyl (C=O) groups excluding carboxylic acids is 1. The van der Waals surface area contributed by atoms with Crippen molar-refractivity contribution in [3.05, 3.63) is 23.8 Å². The molecule has 0 unspecified atom stereocenters. The summed E-state index contributed by atoms with van der Waals surface area (Å²) in [5.41, 5.74) is 0.843. The minimum absolute atomic E-state index is 0.235. The van der Waals surface area contributed by atoms with Crippen LogP contribution in [0.3, 0.4) is 0 Å². The van der Waals surface area contributed by atoms with Crippen molar-refractivity contribution in [3.63, 3.8) is 0 Å². The minimum atomic E-state index is -0.394. The quantitative estimate of drug-likeness (QED) is 0.648. The highest BCUT2D eigenvalue weighted by Crippen LogP contribution is 2.41. The Morgan fingerprint density at radius 3 is 3.00 bits per heavy atom. The molecule has 92 valence electrons. The second-order valence-corrected chi connectivity index (χ2v) is 5.39. The fourth-order valence-electron chi connectivity index (χ4n) is 1.86. The van der Waals surface area contributed by atoms with E-state index in [0.29, 0.717) is 11.5 Å². The first-order valence-electron chi connectivity index (χ1n) is 5.38. The Bertz CT molecular complexity index is 445. The summed E-state index contributed by atoms with van der Waals surface area (Å²) >= 11 is 0.905. The maximum Gasteiger partial charge on any atom is 0.388 e. The number of benzene rings is 1. The minimum Gasteiger partial charge on any atom is -0.483 e. The van der Waals surface area contributed by atoms with Gasteiger partial charge in [-0.3, -0.25) is 4.72 Å². The zero-order valence-corrected chi connectivity index (χ0v) is 10.9. The molecule has 0 aliphatic carbocycles. The van der Waals surface area contributed by atoms with E-state index in [9.17, 15) is 4.79 Å². The lowest BCUT2D eigenvalue weighted by atomic mass is 10.0. The fraction of sp³-hybridized carbons (Fsp3) is 0.417. The highest BCUT2D eigenvalue weighted by Gasteiger charge is 2.32. The molecule has 0 spiro atoms. The van der Waals surface area contributed by atoms with E-state index >= 15 is 0 Å². The van der Waals surface area contributed by atoms with Crippen molar-refractivity contribution >= 4 is 17.2 Å². The monoisotopic (exact) mass is 253 g/mol. The van der Waals surface area contributed by atoms with E-state index in [1.54, 1.807) is 13.1 Å². The summed E-state index contributed by atoms with van der Waals surface area (Å²) in [6.45, 7) is 4.03. The fourth-order valence-corrected chi connectivity index (χ4v) is 2.16. The van der Waals surface area contributed by atoms with Crippen molar-refractivity contribution in [3.8, 4) is 11.5 Å². The van der Waals surface area contributed by atoms with Gasteiger partial charge >= 0.3 is 5.30 Å². The highest BCUT2D eigenvalue weighted by atomic mass is 32.2. The smallest absolute Gasteiger partial charge is 0.388 e. The number of ether oxygens (including phenoxy) is 2. The first-order valence-corrected chi connectivity index (χ1v) is 6.20. The summed E-state index contributed by atoms with van der Waals surface area (Å²) in [7, 11) is 1.67. The molecule has 0 saturated heterocycles. The zero-order chi connectivity index (χ0) is 12.5. The Morgan fingerprint density at radius 1 is 1.53 bits per heavy atom. The van der Waals surface area contributed by atoms with E-state index in [4.69, 9.17) is 9.47 Å². The van der Waals surface area contributed by atoms with Gasteiger partial charge in [0.05, 0.1) is 0 Å². The third-order valence-electron chi connectivity index (χ3n) is 2.43. The summed E-state index contributed by atoms with van der Waals surface area (Å²) in [6.07, 6.45) is 0.826. The van der Waals surface area contributed by atoms with Crippen LogP contribution in [0.1, 0.15) is 19.4 Å². The van der Waals surface area contributed by atoms with Gasteiger partial charge in [-0.1, -0.05) is 12.1 Å². The lowest BCUT2D eigenvalue weighted by Crippen LogP contribution is -2.24. The maximum absolute atomic E-state index is 11.4. The molecule has 1 aliphatic rings. The Balaban J connectivity index is 2.21. The van der Waals surface area contributed by atoms with Crippen LogP contribution < -0.4 is 14.2 Å². The van der Waals surface area contributed by atoms with Crippen LogP contribution in [0.2, 0.25) is 0 Å². The zero-order valence-electron chi connectivity index (χ0n) is 10.1. The second-order valence-electron chi connectivity index (χ2n) is 4.44. The number of para-hydroxylation sites is 1. The van der Waals surface area contributed by atoms with Crippen molar-refractivity contribution in [2.45, 2.75) is 25.9 Å². The molecule has 0 bridgehead atoms. The van der Waals surface area contributed by atoms with Crippen molar-refractivity contribution < 1.29 is 14.3 Å². The normalized spacial score (nSPS) is 16.2. The molecule has 0 saturated carbocycles. The molecule has 1 aromatic carbocycles. The van der Waals surface area contributed by atoms with Crippen LogP contribution >= 0.6 is 11.9 Å². The first kappa shape index (κ1) is 12.3. The summed E-state index contributed by atoms with van der Waals surface area (Å²) in [4.78, 5) is 11.4. The lowest BCUT2D eigenvalue weighted by Gasteiger charge is -2.17. The second kappa shape index (κ2) is 4.58. The third kappa shape index (κ3) is 2.73. The number of rotatable bonds is 2. The molecule has 0 amide bonds. The molecule has 4 nitrogen and oxygen atoms in total. The maximum atomic E-state index is 11.4. The van der Waals surface area contributed by atoms with Crippen molar-refractivity contribution in [1.82, 2.24) is 4.72 Å². The van der Waals surface area contributed by atoms with E-state index in [0.717, 1.165) is 23.9 Å². The van der Waals surface area contributed by atoms with Crippen LogP contribution in [0.15, 0.2) is 18.2 Å². The number of hydrogen-bond acceptors (Lipinski definition) is 5. The van der Waals surface area contributed by atoms with E-state index in [2.05, 4.69) is 4.72 Å². The lowest BCUT2D eigenvalue weighted by molar-refractivity contribution is 0.134. The largest absolute Gasteiger partial charge is 0.483 e. The van der Waals surface area contributed by atoms with Gasteiger partial charge in [0.2, 0.25) is 0 Å². The summed E-state index contributed by atoms with van der Waals surface area (Å²) in [5, 5.41) is -0.394. The molecule has 0 fully saturated rings. The highest BCUT2D eigenvalue weighted by molar-refractivity contribution is 8.11. The predicted octanol–water partition coefficient (Wildman–Crippen LogP) is 2.77. The number of hydrogen-bond donors (Lipinski definition) is 1. The van der Waals surface area contributed by atoms with E-state index in [-0.39, 0.29) is 5.60 Å². The third-order valence-corrected chi connectivity index (χ3v) is 2.89. The van der Waals surface area contributed by atoms with E-state index in [1.807, 2.05) is 26.0 Å². The van der Waals surface area contributed by atoms with Gasteiger partial charge in [0.15, 0.2) is 11.5 Å². The van der Waals surface area contributed by atoms with E-state index < -0.39 is 5.30 Å². The average molecular weight is 253 g/mol. The van der Waals surface area contributed by atoms with Crippen molar-refractivity contribution in [2.24, 2.45) is 0 Å². The van der Waals surface area contributed by atoms with Crippen LogP contribution in [-0.4, -0.2) is 18.0 Å². The average Bonchev–Trinajstić information content (AvgIpc) is 2.53. The van der Waals surface area contributed by atoms with Gasteiger partial charge in [0.1, 0.15) is 5.60 Å². The van der Waals surface area contributed by atoms with Gasteiger partial charge in [-0.2, -0.15) is 0 Å². The van der Waals surface area contributed by atoms with Gasteiger partial charge in [-0.25, -0.2) is 4.79 Å². The number of nitrogens with one attached hydrogen (secondary N) is 1.